The van der Waals surface area contributed by atoms with Gasteiger partial charge in [-0.05, 0) is 44.1 Å². The Bertz CT molecular complexity index is 842. The third kappa shape index (κ3) is 3.33. The lowest BCUT2D eigenvalue weighted by atomic mass is 9.87. The normalized spacial score (nSPS) is 15.8. The summed E-state index contributed by atoms with van der Waals surface area (Å²) in [6.07, 6.45) is 6.42. The smallest absolute Gasteiger partial charge is 0.252 e. The van der Waals surface area contributed by atoms with Crippen molar-refractivity contribution in [2.45, 2.75) is 18.4 Å². The second-order valence-corrected chi connectivity index (χ2v) is 6.10. The van der Waals surface area contributed by atoms with Gasteiger partial charge in [-0.3, -0.25) is 14.6 Å². The number of H-pyrrole nitrogens is 1. The molecule has 4 rings (SSSR count). The highest BCUT2D eigenvalue weighted by molar-refractivity contribution is 5.97. The van der Waals surface area contributed by atoms with E-state index >= 15 is 0 Å². The fraction of sp³-hybridized carbons (Fsp3) is 0.294. The summed E-state index contributed by atoms with van der Waals surface area (Å²) in [4.78, 5) is 17.3. The summed E-state index contributed by atoms with van der Waals surface area (Å²) in [5.74, 6) is 0.618. The maximum absolute atomic E-state index is 13.2. The van der Waals surface area contributed by atoms with Crippen LogP contribution < -0.4 is 10.6 Å². The van der Waals surface area contributed by atoms with Gasteiger partial charge in [0, 0.05) is 23.6 Å². The SMILES string of the molecule is Cl.O=C(Nc1cccc(-c2ncn[nH]2)c1)C1(n2cccn2)CCNCC1. The molecule has 136 valence electrons. The number of hydrogen-bond donors (Lipinski definition) is 3. The molecule has 3 heterocycles. The predicted molar refractivity (Wildman–Crippen MR) is 100 cm³/mol. The molecule has 2 aromatic heterocycles. The monoisotopic (exact) mass is 373 g/mol. The third-order valence-corrected chi connectivity index (χ3v) is 4.61. The number of piperidine rings is 1. The summed E-state index contributed by atoms with van der Waals surface area (Å²) in [7, 11) is 0. The van der Waals surface area contributed by atoms with E-state index in [-0.39, 0.29) is 18.3 Å². The van der Waals surface area contributed by atoms with Crippen molar-refractivity contribution < 1.29 is 4.79 Å². The van der Waals surface area contributed by atoms with Crippen LogP contribution in [0.15, 0.2) is 49.1 Å². The highest BCUT2D eigenvalue weighted by Crippen LogP contribution is 2.29. The van der Waals surface area contributed by atoms with Gasteiger partial charge in [-0.25, -0.2) is 4.98 Å². The molecule has 0 atom stereocenters. The molecule has 0 aliphatic carbocycles. The minimum atomic E-state index is -0.670. The van der Waals surface area contributed by atoms with Gasteiger partial charge in [-0.1, -0.05) is 12.1 Å². The summed E-state index contributed by atoms with van der Waals surface area (Å²) < 4.78 is 1.78. The first-order valence-corrected chi connectivity index (χ1v) is 8.26. The van der Waals surface area contributed by atoms with E-state index < -0.39 is 5.54 Å². The first kappa shape index (κ1) is 18.1. The first-order valence-electron chi connectivity index (χ1n) is 8.26. The van der Waals surface area contributed by atoms with E-state index in [1.165, 1.54) is 6.33 Å². The van der Waals surface area contributed by atoms with Crippen LogP contribution in [0, 0.1) is 0 Å². The Morgan fingerprint density at radius 3 is 2.77 bits per heavy atom. The van der Waals surface area contributed by atoms with Crippen LogP contribution in [-0.2, 0) is 10.3 Å². The zero-order valence-electron chi connectivity index (χ0n) is 14.1. The predicted octanol–water partition coefficient (Wildman–Crippen LogP) is 1.81. The number of hydrogen-bond acceptors (Lipinski definition) is 5. The first-order chi connectivity index (χ1) is 12.3. The molecule has 0 bridgehead atoms. The second kappa shape index (κ2) is 7.67. The molecule has 1 aromatic carbocycles. The molecule has 1 aliphatic rings. The lowest BCUT2D eigenvalue weighted by Gasteiger charge is -2.36. The van der Waals surface area contributed by atoms with Crippen LogP contribution in [0.5, 0.6) is 0 Å². The number of nitrogens with zero attached hydrogens (tertiary/aromatic N) is 4. The second-order valence-electron chi connectivity index (χ2n) is 6.10. The van der Waals surface area contributed by atoms with Crippen molar-refractivity contribution in [2.75, 3.05) is 18.4 Å². The molecule has 1 amide bonds. The van der Waals surface area contributed by atoms with Crippen LogP contribution in [0.2, 0.25) is 0 Å². The molecular weight excluding hydrogens is 354 g/mol. The number of rotatable bonds is 4. The van der Waals surface area contributed by atoms with Crippen molar-refractivity contribution in [1.82, 2.24) is 30.3 Å². The third-order valence-electron chi connectivity index (χ3n) is 4.61. The van der Waals surface area contributed by atoms with E-state index in [1.807, 2.05) is 36.5 Å². The van der Waals surface area contributed by atoms with Gasteiger partial charge >= 0.3 is 0 Å². The highest BCUT2D eigenvalue weighted by Gasteiger charge is 2.42. The highest BCUT2D eigenvalue weighted by atomic mass is 35.5. The summed E-state index contributed by atoms with van der Waals surface area (Å²) in [6, 6.07) is 9.41. The number of carbonyl (C=O) groups excluding carboxylic acids is 1. The lowest BCUT2D eigenvalue weighted by molar-refractivity contribution is -0.126. The average molecular weight is 374 g/mol. The van der Waals surface area contributed by atoms with Gasteiger partial charge in [0.05, 0.1) is 0 Å². The Morgan fingerprint density at radius 2 is 2.08 bits per heavy atom. The van der Waals surface area contributed by atoms with Crippen molar-refractivity contribution in [3.8, 4) is 11.4 Å². The van der Waals surface area contributed by atoms with E-state index in [0.717, 1.165) is 24.3 Å². The largest absolute Gasteiger partial charge is 0.324 e. The fourth-order valence-corrected chi connectivity index (χ4v) is 3.26. The van der Waals surface area contributed by atoms with Crippen molar-refractivity contribution in [3.05, 3.63) is 49.1 Å². The summed E-state index contributed by atoms with van der Waals surface area (Å²) in [5.41, 5.74) is 0.925. The molecule has 0 spiro atoms. The quantitative estimate of drug-likeness (QED) is 0.647. The van der Waals surface area contributed by atoms with Crippen LogP contribution in [0.25, 0.3) is 11.4 Å². The lowest BCUT2D eigenvalue weighted by Crippen LogP contribution is -2.52. The molecule has 9 heteroatoms. The number of nitrogens with one attached hydrogen (secondary N) is 3. The van der Waals surface area contributed by atoms with Gasteiger partial charge in [0.15, 0.2) is 5.82 Å². The van der Waals surface area contributed by atoms with E-state index in [2.05, 4.69) is 30.9 Å². The Morgan fingerprint density at radius 1 is 1.23 bits per heavy atom. The standard InChI is InChI=1S/C17H19N7O.ClH/c25-16(17(5-8-18-9-6-17)24-10-2-7-21-24)22-14-4-1-3-13(11-14)15-19-12-20-23-15;/h1-4,7,10-12,18H,5-6,8-9H2,(H,22,25)(H,19,20,23);1H. The summed E-state index contributed by atoms with van der Waals surface area (Å²) >= 11 is 0. The zero-order chi connectivity index (χ0) is 17.1. The minimum absolute atomic E-state index is 0. The average Bonchev–Trinajstić information content (AvgIpc) is 3.36. The molecule has 0 saturated carbocycles. The summed E-state index contributed by atoms with van der Waals surface area (Å²) in [6.45, 7) is 1.57. The van der Waals surface area contributed by atoms with Crippen LogP contribution in [0.4, 0.5) is 5.69 Å². The number of aromatic nitrogens is 5. The van der Waals surface area contributed by atoms with Crippen LogP contribution >= 0.6 is 12.4 Å². The number of anilines is 1. The maximum atomic E-state index is 13.2. The van der Waals surface area contributed by atoms with Crippen LogP contribution in [-0.4, -0.2) is 44.0 Å². The number of halogens is 1. The Balaban J connectivity index is 0.00000196. The molecule has 3 N–H and O–H groups in total. The van der Waals surface area contributed by atoms with E-state index in [1.54, 1.807) is 10.9 Å². The van der Waals surface area contributed by atoms with Gasteiger partial charge in [0.1, 0.15) is 11.9 Å². The Labute approximate surface area is 156 Å². The van der Waals surface area contributed by atoms with Gasteiger partial charge in [0.25, 0.3) is 5.91 Å². The molecule has 1 fully saturated rings. The van der Waals surface area contributed by atoms with Crippen LogP contribution in [0.3, 0.4) is 0 Å². The molecule has 0 radical (unpaired) electrons. The van der Waals surface area contributed by atoms with Gasteiger partial charge in [-0.15, -0.1) is 12.4 Å². The Kier molecular flexibility index (Phi) is 5.34. The number of carbonyl (C=O) groups is 1. The van der Waals surface area contributed by atoms with Crippen molar-refractivity contribution in [1.29, 1.82) is 0 Å². The molecule has 26 heavy (non-hydrogen) atoms. The van der Waals surface area contributed by atoms with E-state index in [9.17, 15) is 4.79 Å². The number of amides is 1. The van der Waals surface area contributed by atoms with Crippen molar-refractivity contribution >= 4 is 24.0 Å². The molecule has 3 aromatic rings. The number of aromatic amines is 1. The minimum Gasteiger partial charge on any atom is -0.324 e. The fourth-order valence-electron chi connectivity index (χ4n) is 3.26. The van der Waals surface area contributed by atoms with E-state index in [4.69, 9.17) is 0 Å². The maximum Gasteiger partial charge on any atom is 0.252 e. The molecule has 1 aliphatic heterocycles. The zero-order valence-corrected chi connectivity index (χ0v) is 14.9. The molecular formula is C17H20ClN7O. The summed E-state index contributed by atoms with van der Waals surface area (Å²) in [5, 5.41) is 17.4. The molecule has 0 unspecified atom stereocenters. The van der Waals surface area contributed by atoms with Crippen LogP contribution in [0.1, 0.15) is 12.8 Å². The van der Waals surface area contributed by atoms with Gasteiger partial charge in [-0.2, -0.15) is 10.2 Å². The van der Waals surface area contributed by atoms with Gasteiger partial charge in [0.2, 0.25) is 0 Å². The number of benzene rings is 1. The van der Waals surface area contributed by atoms with Crippen molar-refractivity contribution in [3.63, 3.8) is 0 Å². The van der Waals surface area contributed by atoms with Gasteiger partial charge < -0.3 is 10.6 Å². The van der Waals surface area contributed by atoms with Crippen molar-refractivity contribution in [2.24, 2.45) is 0 Å². The van der Waals surface area contributed by atoms with E-state index in [0.29, 0.717) is 18.7 Å². The topological polar surface area (TPSA) is 101 Å². The molecule has 8 nitrogen and oxygen atoms in total. The Hall–Kier alpha value is -2.71. The molecule has 1 saturated heterocycles.